The van der Waals surface area contributed by atoms with Crippen molar-refractivity contribution in [1.29, 1.82) is 0 Å². The minimum atomic E-state index is -0.847. The van der Waals surface area contributed by atoms with E-state index in [9.17, 15) is 9.59 Å². The van der Waals surface area contributed by atoms with Crippen molar-refractivity contribution in [2.45, 2.75) is 19.8 Å². The van der Waals surface area contributed by atoms with E-state index in [4.69, 9.17) is 16.7 Å². The van der Waals surface area contributed by atoms with E-state index in [1.165, 1.54) is 11.3 Å². The molecule has 1 aromatic rings. The molecule has 1 unspecified atom stereocenters. The van der Waals surface area contributed by atoms with Crippen molar-refractivity contribution in [2.75, 3.05) is 6.54 Å². The maximum atomic E-state index is 11.7. The summed E-state index contributed by atoms with van der Waals surface area (Å²) >= 11 is 7.09. The number of carboxylic acid groups (broad SMARTS) is 1. The van der Waals surface area contributed by atoms with Crippen LogP contribution >= 0.6 is 22.9 Å². The smallest absolute Gasteiger partial charge is 0.303 e. The Morgan fingerprint density at radius 3 is 2.76 bits per heavy atom. The molecule has 0 saturated carbocycles. The van der Waals surface area contributed by atoms with Crippen LogP contribution in [0.3, 0.4) is 0 Å². The van der Waals surface area contributed by atoms with Crippen LogP contribution in [0.1, 0.15) is 29.4 Å². The highest BCUT2D eigenvalue weighted by molar-refractivity contribution is 7.12. The van der Waals surface area contributed by atoms with Crippen LogP contribution in [0.4, 0.5) is 0 Å². The van der Waals surface area contributed by atoms with Crippen LogP contribution in [-0.4, -0.2) is 23.5 Å². The van der Waals surface area contributed by atoms with Gasteiger partial charge in [-0.05, 0) is 17.4 Å². The van der Waals surface area contributed by atoms with E-state index in [1.807, 2.05) is 6.92 Å². The van der Waals surface area contributed by atoms with Crippen molar-refractivity contribution < 1.29 is 14.7 Å². The quantitative estimate of drug-likeness (QED) is 0.839. The fourth-order valence-corrected chi connectivity index (χ4v) is 2.44. The maximum absolute atomic E-state index is 11.7. The Balaban J connectivity index is 2.47. The van der Waals surface area contributed by atoms with Gasteiger partial charge in [0.15, 0.2) is 0 Å². The highest BCUT2D eigenvalue weighted by atomic mass is 35.5. The Labute approximate surface area is 109 Å². The van der Waals surface area contributed by atoms with E-state index in [2.05, 4.69) is 5.32 Å². The number of aliphatic carboxylic acids is 1. The van der Waals surface area contributed by atoms with Gasteiger partial charge in [-0.25, -0.2) is 0 Å². The molecule has 0 bridgehead atoms. The van der Waals surface area contributed by atoms with E-state index < -0.39 is 5.97 Å². The van der Waals surface area contributed by atoms with Gasteiger partial charge in [0.25, 0.3) is 5.91 Å². The summed E-state index contributed by atoms with van der Waals surface area (Å²) in [6.07, 6.45) is 0.777. The number of carbonyl (C=O) groups excluding carboxylic acids is 1. The summed E-state index contributed by atoms with van der Waals surface area (Å²) < 4.78 is 0. The number of hydrogen-bond donors (Lipinski definition) is 2. The number of carbonyl (C=O) groups is 2. The van der Waals surface area contributed by atoms with Gasteiger partial charge >= 0.3 is 5.97 Å². The van der Waals surface area contributed by atoms with Gasteiger partial charge in [0, 0.05) is 13.0 Å². The molecule has 94 valence electrons. The molecule has 0 saturated heterocycles. The summed E-state index contributed by atoms with van der Waals surface area (Å²) in [4.78, 5) is 22.7. The van der Waals surface area contributed by atoms with Crippen LogP contribution in [0.25, 0.3) is 0 Å². The molecule has 1 heterocycles. The van der Waals surface area contributed by atoms with Gasteiger partial charge in [-0.2, -0.15) is 0 Å². The van der Waals surface area contributed by atoms with Crippen molar-refractivity contribution in [2.24, 2.45) is 5.92 Å². The van der Waals surface area contributed by atoms with E-state index >= 15 is 0 Å². The topological polar surface area (TPSA) is 66.4 Å². The zero-order chi connectivity index (χ0) is 12.8. The Bertz CT molecular complexity index is 405. The lowest BCUT2D eigenvalue weighted by Gasteiger charge is -2.12. The van der Waals surface area contributed by atoms with E-state index in [1.54, 1.807) is 11.4 Å². The molecule has 1 amide bonds. The van der Waals surface area contributed by atoms with Crippen LogP contribution in [-0.2, 0) is 4.79 Å². The maximum Gasteiger partial charge on any atom is 0.303 e. The molecule has 0 aliphatic rings. The van der Waals surface area contributed by atoms with Crippen LogP contribution in [0, 0.1) is 5.92 Å². The molecule has 4 nitrogen and oxygen atoms in total. The molecule has 6 heteroatoms. The lowest BCUT2D eigenvalue weighted by atomic mass is 10.0. The number of thiophene rings is 1. The zero-order valence-electron chi connectivity index (χ0n) is 9.40. The van der Waals surface area contributed by atoms with E-state index in [0.717, 1.165) is 0 Å². The largest absolute Gasteiger partial charge is 0.481 e. The highest BCUT2D eigenvalue weighted by Gasteiger charge is 2.15. The molecule has 1 atom stereocenters. The molecule has 1 rings (SSSR count). The summed E-state index contributed by atoms with van der Waals surface area (Å²) in [6.45, 7) is 2.26. The first-order valence-electron chi connectivity index (χ1n) is 5.27. The lowest BCUT2D eigenvalue weighted by molar-refractivity contribution is -0.138. The molecule has 17 heavy (non-hydrogen) atoms. The van der Waals surface area contributed by atoms with Crippen LogP contribution in [0.5, 0.6) is 0 Å². The summed E-state index contributed by atoms with van der Waals surface area (Å²) in [6, 6.07) is 1.66. The summed E-state index contributed by atoms with van der Waals surface area (Å²) in [7, 11) is 0. The second-order valence-corrected chi connectivity index (χ2v) is 5.00. The van der Waals surface area contributed by atoms with Gasteiger partial charge in [-0.15, -0.1) is 11.3 Å². The molecule has 0 aliphatic heterocycles. The van der Waals surface area contributed by atoms with Gasteiger partial charge in [-0.1, -0.05) is 24.9 Å². The van der Waals surface area contributed by atoms with Crippen LogP contribution in [0.15, 0.2) is 11.4 Å². The molecule has 2 N–H and O–H groups in total. The van der Waals surface area contributed by atoms with E-state index in [-0.39, 0.29) is 18.2 Å². The molecule has 1 aromatic heterocycles. The molecular weight excluding hydrogens is 262 g/mol. The van der Waals surface area contributed by atoms with Crippen molar-refractivity contribution >= 4 is 34.8 Å². The molecular formula is C11H14ClNO3S. The average Bonchev–Trinajstić information content (AvgIpc) is 2.69. The standard InChI is InChI=1S/C11H14ClNO3S/c1-2-7(5-9(14)15)6-13-11(16)10-8(12)3-4-17-10/h3-4,7H,2,5-6H2,1H3,(H,13,16)(H,14,15). The Morgan fingerprint density at radius 1 is 1.59 bits per heavy atom. The van der Waals surface area contributed by atoms with Crippen LogP contribution < -0.4 is 5.32 Å². The van der Waals surface area contributed by atoms with Crippen molar-refractivity contribution in [1.82, 2.24) is 5.32 Å². The fourth-order valence-electron chi connectivity index (χ4n) is 1.38. The monoisotopic (exact) mass is 275 g/mol. The summed E-state index contributed by atoms with van der Waals surface area (Å²) in [5, 5.41) is 13.6. The van der Waals surface area contributed by atoms with Crippen molar-refractivity contribution in [3.05, 3.63) is 21.3 Å². The van der Waals surface area contributed by atoms with E-state index in [0.29, 0.717) is 22.9 Å². The predicted molar refractivity (Wildman–Crippen MR) is 67.7 cm³/mol. The summed E-state index contributed by atoms with van der Waals surface area (Å²) in [5.41, 5.74) is 0. The van der Waals surface area contributed by atoms with Gasteiger partial charge in [0.05, 0.1) is 5.02 Å². The minimum absolute atomic E-state index is 0.0461. The number of rotatable bonds is 6. The number of hydrogen-bond acceptors (Lipinski definition) is 3. The third-order valence-electron chi connectivity index (χ3n) is 2.42. The number of halogens is 1. The minimum Gasteiger partial charge on any atom is -0.481 e. The van der Waals surface area contributed by atoms with Gasteiger partial charge in [0.2, 0.25) is 0 Å². The van der Waals surface area contributed by atoms with Gasteiger partial charge in [0.1, 0.15) is 4.88 Å². The third kappa shape index (κ3) is 4.36. The number of carboxylic acids is 1. The number of amides is 1. The Kier molecular flexibility index (Phi) is 5.44. The SMILES string of the molecule is CCC(CNC(=O)c1sccc1Cl)CC(=O)O. The van der Waals surface area contributed by atoms with Gasteiger partial charge < -0.3 is 10.4 Å². The Hall–Kier alpha value is -1.07. The molecule has 0 spiro atoms. The van der Waals surface area contributed by atoms with Gasteiger partial charge in [-0.3, -0.25) is 9.59 Å². The second-order valence-electron chi connectivity index (χ2n) is 3.68. The molecule has 0 radical (unpaired) electrons. The first-order chi connectivity index (χ1) is 8.04. The highest BCUT2D eigenvalue weighted by Crippen LogP contribution is 2.21. The van der Waals surface area contributed by atoms with Crippen molar-refractivity contribution in [3.63, 3.8) is 0 Å². The zero-order valence-corrected chi connectivity index (χ0v) is 11.0. The van der Waals surface area contributed by atoms with Crippen molar-refractivity contribution in [3.8, 4) is 0 Å². The predicted octanol–water partition coefficient (Wildman–Crippen LogP) is 2.63. The first-order valence-corrected chi connectivity index (χ1v) is 6.53. The van der Waals surface area contributed by atoms with Crippen LogP contribution in [0.2, 0.25) is 5.02 Å². The average molecular weight is 276 g/mol. The molecule has 0 aromatic carbocycles. The summed E-state index contributed by atoms with van der Waals surface area (Å²) in [5.74, 6) is -1.13. The molecule has 0 aliphatic carbocycles. The molecule has 0 fully saturated rings. The second kappa shape index (κ2) is 6.61. The fraction of sp³-hybridized carbons (Fsp3) is 0.455. The normalized spacial score (nSPS) is 12.1. The number of nitrogens with one attached hydrogen (secondary N) is 1. The Morgan fingerprint density at radius 2 is 2.29 bits per heavy atom. The lowest BCUT2D eigenvalue weighted by Crippen LogP contribution is -2.29. The third-order valence-corrected chi connectivity index (χ3v) is 3.76. The first kappa shape index (κ1) is 14.0.